The third-order valence-corrected chi connectivity index (χ3v) is 5.00. The molecule has 3 rings (SSSR count). The summed E-state index contributed by atoms with van der Waals surface area (Å²) in [7, 11) is 0. The molecule has 1 amide bonds. The van der Waals surface area contributed by atoms with Crippen molar-refractivity contribution in [2.24, 2.45) is 0 Å². The van der Waals surface area contributed by atoms with Crippen molar-refractivity contribution in [1.82, 2.24) is 14.7 Å². The van der Waals surface area contributed by atoms with E-state index < -0.39 is 0 Å². The predicted octanol–water partition coefficient (Wildman–Crippen LogP) is 2.70. The smallest absolute Gasteiger partial charge is 0.230 e. The maximum atomic E-state index is 11.8. The summed E-state index contributed by atoms with van der Waals surface area (Å²) >= 11 is 2.62. The molecule has 0 unspecified atom stereocenters. The topological polar surface area (TPSA) is 88.2 Å². The molecule has 6 nitrogen and oxygen atoms in total. The van der Waals surface area contributed by atoms with E-state index in [-0.39, 0.29) is 18.3 Å². The minimum absolute atomic E-state index is 0.0129. The van der Waals surface area contributed by atoms with Gasteiger partial charge in [-0.05, 0) is 29.2 Å². The molecular formula is C16H15N3O3S2. The number of aromatic nitrogens is 2. The molecule has 24 heavy (non-hydrogen) atoms. The van der Waals surface area contributed by atoms with Crippen LogP contribution in [0.2, 0.25) is 0 Å². The third kappa shape index (κ3) is 4.44. The first-order valence-corrected chi connectivity index (χ1v) is 8.96. The summed E-state index contributed by atoms with van der Waals surface area (Å²) in [5.74, 6) is 1.54. The summed E-state index contributed by atoms with van der Waals surface area (Å²) in [4.78, 5) is 16.2. The predicted molar refractivity (Wildman–Crippen MR) is 92.5 cm³/mol. The molecule has 0 aliphatic carbocycles. The zero-order chi connectivity index (χ0) is 16.8. The number of hydrogen-bond donors (Lipinski definition) is 2. The monoisotopic (exact) mass is 361 g/mol. The van der Waals surface area contributed by atoms with Gasteiger partial charge in [-0.2, -0.15) is 4.37 Å². The average molecular weight is 361 g/mol. The number of carbonyl (C=O) groups excluding carboxylic acids is 1. The van der Waals surface area contributed by atoms with Crippen LogP contribution in [0.15, 0.2) is 51.4 Å². The fraction of sp³-hybridized carbons (Fsp3) is 0.188. The van der Waals surface area contributed by atoms with Crippen LogP contribution in [-0.4, -0.2) is 26.1 Å². The van der Waals surface area contributed by atoms with Crippen molar-refractivity contribution >= 4 is 29.2 Å². The Morgan fingerprint density at radius 3 is 2.83 bits per heavy atom. The number of rotatable bonds is 7. The van der Waals surface area contributed by atoms with Gasteiger partial charge < -0.3 is 14.8 Å². The van der Waals surface area contributed by atoms with Crippen LogP contribution in [0.1, 0.15) is 11.3 Å². The molecule has 0 aliphatic heterocycles. The van der Waals surface area contributed by atoms with Gasteiger partial charge >= 0.3 is 0 Å². The van der Waals surface area contributed by atoms with E-state index in [1.165, 1.54) is 23.3 Å². The molecule has 0 aliphatic rings. The van der Waals surface area contributed by atoms with Gasteiger partial charge in [0.15, 0.2) is 10.2 Å². The minimum atomic E-state index is -0.0829. The molecule has 124 valence electrons. The molecule has 0 bridgehead atoms. The van der Waals surface area contributed by atoms with Gasteiger partial charge in [-0.25, -0.2) is 4.98 Å². The van der Waals surface area contributed by atoms with Gasteiger partial charge in [0.1, 0.15) is 5.76 Å². The van der Waals surface area contributed by atoms with Gasteiger partial charge in [-0.3, -0.25) is 4.79 Å². The molecule has 0 radical (unpaired) electrons. The molecule has 8 heteroatoms. The van der Waals surface area contributed by atoms with Crippen LogP contribution < -0.4 is 5.32 Å². The maximum absolute atomic E-state index is 11.8. The molecule has 0 atom stereocenters. The SMILES string of the molecule is O=C(CSc1nc(-c2ccc(CO)cc2)ns1)NCc1ccco1. The third-order valence-electron chi connectivity index (χ3n) is 3.17. The number of nitrogens with zero attached hydrogens (tertiary/aromatic N) is 2. The first-order valence-electron chi connectivity index (χ1n) is 7.20. The molecule has 0 spiro atoms. The highest BCUT2D eigenvalue weighted by Gasteiger charge is 2.10. The minimum Gasteiger partial charge on any atom is -0.467 e. The first kappa shape index (κ1) is 16.7. The van der Waals surface area contributed by atoms with Crippen molar-refractivity contribution in [3.8, 4) is 11.4 Å². The van der Waals surface area contributed by atoms with E-state index >= 15 is 0 Å². The maximum Gasteiger partial charge on any atom is 0.230 e. The second-order valence-electron chi connectivity index (χ2n) is 4.88. The van der Waals surface area contributed by atoms with Crippen LogP contribution >= 0.6 is 23.3 Å². The van der Waals surface area contributed by atoms with E-state index in [0.29, 0.717) is 12.4 Å². The summed E-state index contributed by atoms with van der Waals surface area (Å²) in [5.41, 5.74) is 1.73. The number of furan rings is 1. The van der Waals surface area contributed by atoms with Gasteiger partial charge in [-0.15, -0.1) is 0 Å². The Morgan fingerprint density at radius 2 is 2.12 bits per heavy atom. The fourth-order valence-electron chi connectivity index (χ4n) is 1.92. The van der Waals surface area contributed by atoms with Crippen LogP contribution in [0, 0.1) is 0 Å². The summed E-state index contributed by atoms with van der Waals surface area (Å²) in [5, 5.41) is 11.8. The number of aliphatic hydroxyl groups is 1. The lowest BCUT2D eigenvalue weighted by molar-refractivity contribution is -0.118. The Morgan fingerprint density at radius 1 is 1.29 bits per heavy atom. The normalized spacial score (nSPS) is 10.7. The number of thioether (sulfide) groups is 1. The summed E-state index contributed by atoms with van der Waals surface area (Å²) in [6, 6.07) is 11.0. The number of aliphatic hydroxyl groups excluding tert-OH is 1. The molecular weight excluding hydrogens is 346 g/mol. The van der Waals surface area contributed by atoms with Crippen LogP contribution in [0.4, 0.5) is 0 Å². The van der Waals surface area contributed by atoms with Crippen molar-refractivity contribution in [3.63, 3.8) is 0 Å². The Hall–Kier alpha value is -2.16. The Kier molecular flexibility index (Phi) is 5.63. The summed E-state index contributed by atoms with van der Waals surface area (Å²) in [6.45, 7) is 0.393. The highest BCUT2D eigenvalue weighted by molar-refractivity contribution is 8.01. The van der Waals surface area contributed by atoms with Crippen molar-refractivity contribution in [1.29, 1.82) is 0 Å². The molecule has 0 saturated carbocycles. The molecule has 3 aromatic rings. The van der Waals surface area contributed by atoms with E-state index in [4.69, 9.17) is 9.52 Å². The van der Waals surface area contributed by atoms with E-state index in [1.807, 2.05) is 30.3 Å². The second-order valence-corrected chi connectivity index (χ2v) is 6.86. The van der Waals surface area contributed by atoms with Gasteiger partial charge in [0.25, 0.3) is 0 Å². The van der Waals surface area contributed by atoms with Gasteiger partial charge in [0.05, 0.1) is 25.2 Å². The van der Waals surface area contributed by atoms with Crippen molar-refractivity contribution in [3.05, 3.63) is 54.0 Å². The Labute approximate surface area is 147 Å². The second kappa shape index (κ2) is 8.09. The van der Waals surface area contributed by atoms with Gasteiger partial charge in [0, 0.05) is 5.56 Å². The van der Waals surface area contributed by atoms with E-state index in [2.05, 4.69) is 14.7 Å². The quantitative estimate of drug-likeness (QED) is 0.629. The number of hydrogen-bond acceptors (Lipinski definition) is 7. The number of benzene rings is 1. The van der Waals surface area contributed by atoms with Crippen LogP contribution in [0.3, 0.4) is 0 Å². The van der Waals surface area contributed by atoms with E-state index in [0.717, 1.165) is 21.2 Å². The zero-order valence-electron chi connectivity index (χ0n) is 12.6. The summed E-state index contributed by atoms with van der Waals surface area (Å²) < 4.78 is 10.2. The van der Waals surface area contributed by atoms with Gasteiger partial charge in [-0.1, -0.05) is 36.0 Å². The van der Waals surface area contributed by atoms with Crippen molar-refractivity contribution in [2.75, 3.05) is 5.75 Å². The fourth-order valence-corrected chi connectivity index (χ4v) is 3.37. The standard InChI is InChI=1S/C16H15N3O3S2/c20-9-11-3-5-12(6-4-11)15-18-16(24-19-15)23-10-14(21)17-8-13-2-1-7-22-13/h1-7,20H,8-10H2,(H,17,21). The Balaban J connectivity index is 1.51. The number of amides is 1. The summed E-state index contributed by atoms with van der Waals surface area (Å²) in [6.07, 6.45) is 1.58. The van der Waals surface area contributed by atoms with Crippen molar-refractivity contribution < 1.29 is 14.3 Å². The van der Waals surface area contributed by atoms with Crippen molar-refractivity contribution in [2.45, 2.75) is 17.5 Å². The average Bonchev–Trinajstić information content (AvgIpc) is 3.30. The molecule has 2 heterocycles. The van der Waals surface area contributed by atoms with E-state index in [1.54, 1.807) is 12.3 Å². The molecule has 0 fully saturated rings. The lowest BCUT2D eigenvalue weighted by atomic mass is 10.1. The molecule has 1 aromatic carbocycles. The lowest BCUT2D eigenvalue weighted by Crippen LogP contribution is -2.24. The van der Waals surface area contributed by atoms with Crippen LogP contribution in [0.25, 0.3) is 11.4 Å². The highest BCUT2D eigenvalue weighted by atomic mass is 32.2. The molecule has 2 aromatic heterocycles. The lowest BCUT2D eigenvalue weighted by Gasteiger charge is -2.01. The van der Waals surface area contributed by atoms with Gasteiger partial charge in [0.2, 0.25) is 5.91 Å². The number of nitrogens with one attached hydrogen (secondary N) is 1. The molecule has 0 saturated heterocycles. The first-order chi connectivity index (χ1) is 11.7. The zero-order valence-corrected chi connectivity index (χ0v) is 14.3. The molecule has 2 N–H and O–H groups in total. The highest BCUT2D eigenvalue weighted by Crippen LogP contribution is 2.25. The van der Waals surface area contributed by atoms with Crippen LogP contribution in [0.5, 0.6) is 0 Å². The van der Waals surface area contributed by atoms with E-state index in [9.17, 15) is 4.79 Å². The van der Waals surface area contributed by atoms with Crippen LogP contribution in [-0.2, 0) is 17.9 Å². The largest absolute Gasteiger partial charge is 0.467 e. The Bertz CT molecular complexity index is 785. The number of carbonyl (C=O) groups is 1.